The molecule has 0 aliphatic heterocycles. The first-order valence-electron chi connectivity index (χ1n) is 8.92. The molecule has 2 aromatic carbocycles. The zero-order valence-electron chi connectivity index (χ0n) is 16.1. The van der Waals surface area contributed by atoms with Crippen molar-refractivity contribution >= 4 is 29.1 Å². The van der Waals surface area contributed by atoms with Gasteiger partial charge in [0.15, 0.2) is 0 Å². The third-order valence-electron chi connectivity index (χ3n) is 4.05. The Morgan fingerprint density at radius 3 is 2.50 bits per heavy atom. The maximum Gasteiger partial charge on any atom is 0.224 e. The average molecular weight is 399 g/mol. The minimum Gasteiger partial charge on any atom is -0.497 e. The van der Waals surface area contributed by atoms with Crippen LogP contribution in [0.15, 0.2) is 48.7 Å². The molecule has 1 aromatic heterocycles. The molecule has 0 saturated carbocycles. The molecule has 0 saturated heterocycles. The zero-order valence-corrected chi connectivity index (χ0v) is 16.9. The third kappa shape index (κ3) is 5.27. The Morgan fingerprint density at radius 1 is 1.04 bits per heavy atom. The highest BCUT2D eigenvalue weighted by Crippen LogP contribution is 2.29. The van der Waals surface area contributed by atoms with Crippen molar-refractivity contribution in [2.75, 3.05) is 30.9 Å². The van der Waals surface area contributed by atoms with Gasteiger partial charge >= 0.3 is 0 Å². The normalized spacial score (nSPS) is 10.4. The van der Waals surface area contributed by atoms with Crippen LogP contribution in [0.3, 0.4) is 0 Å². The van der Waals surface area contributed by atoms with Crippen molar-refractivity contribution in [1.29, 1.82) is 0 Å². The highest BCUT2D eigenvalue weighted by Gasteiger charge is 2.07. The van der Waals surface area contributed by atoms with E-state index < -0.39 is 0 Å². The minimum atomic E-state index is 0.482. The lowest BCUT2D eigenvalue weighted by Gasteiger charge is -2.13. The lowest BCUT2D eigenvalue weighted by atomic mass is 10.1. The number of hydrogen-bond acceptors (Lipinski definition) is 6. The van der Waals surface area contributed by atoms with E-state index in [0.29, 0.717) is 29.9 Å². The van der Waals surface area contributed by atoms with Crippen molar-refractivity contribution in [3.8, 4) is 11.5 Å². The number of halogens is 1. The molecule has 1 heterocycles. The van der Waals surface area contributed by atoms with Gasteiger partial charge in [-0.15, -0.1) is 0 Å². The Kier molecular flexibility index (Phi) is 6.55. The van der Waals surface area contributed by atoms with Crippen molar-refractivity contribution in [3.05, 3.63) is 64.8 Å². The number of aryl methyl sites for hydroxylation is 2. The molecule has 0 bridgehead atoms. The Labute approximate surface area is 169 Å². The number of nitrogens with one attached hydrogen (secondary N) is 2. The van der Waals surface area contributed by atoms with Crippen LogP contribution >= 0.6 is 11.6 Å². The number of ether oxygens (including phenoxy) is 2. The SMILES string of the molecule is COc1ccc(OCCNc2nccc(Nc3c(C)cc(C)cc3Cl)n2)cc1. The van der Waals surface area contributed by atoms with Gasteiger partial charge in [0.1, 0.15) is 23.9 Å². The molecule has 146 valence electrons. The quantitative estimate of drug-likeness (QED) is 0.521. The molecule has 28 heavy (non-hydrogen) atoms. The fraction of sp³-hybridized carbons (Fsp3) is 0.238. The zero-order chi connectivity index (χ0) is 19.9. The first kappa shape index (κ1) is 19.8. The van der Waals surface area contributed by atoms with Crippen LogP contribution in [0.1, 0.15) is 11.1 Å². The van der Waals surface area contributed by atoms with Gasteiger partial charge in [0.2, 0.25) is 5.95 Å². The number of rotatable bonds is 8. The van der Waals surface area contributed by atoms with Crippen LogP contribution in [-0.2, 0) is 0 Å². The van der Waals surface area contributed by atoms with Crippen molar-refractivity contribution < 1.29 is 9.47 Å². The molecule has 6 nitrogen and oxygen atoms in total. The largest absolute Gasteiger partial charge is 0.497 e. The standard InChI is InChI=1S/C21H23ClN4O2/c1-14-12-15(2)20(18(22)13-14)25-19-8-9-23-21(26-19)24-10-11-28-17-6-4-16(27-3)5-7-17/h4-9,12-13H,10-11H2,1-3H3,(H2,23,24,25,26). The summed E-state index contributed by atoms with van der Waals surface area (Å²) in [5.41, 5.74) is 3.03. The van der Waals surface area contributed by atoms with Crippen LogP contribution in [0.25, 0.3) is 0 Å². The molecule has 0 fully saturated rings. The molecule has 0 spiro atoms. The van der Waals surface area contributed by atoms with Crippen molar-refractivity contribution in [1.82, 2.24) is 9.97 Å². The predicted molar refractivity (Wildman–Crippen MR) is 113 cm³/mol. The van der Waals surface area contributed by atoms with E-state index in [0.717, 1.165) is 28.3 Å². The fourth-order valence-corrected chi connectivity index (χ4v) is 3.09. The van der Waals surface area contributed by atoms with Crippen LogP contribution in [0, 0.1) is 13.8 Å². The van der Waals surface area contributed by atoms with Gasteiger partial charge in [0.05, 0.1) is 24.4 Å². The molecule has 0 unspecified atom stereocenters. The molecule has 0 aliphatic rings. The van der Waals surface area contributed by atoms with E-state index in [4.69, 9.17) is 21.1 Å². The smallest absolute Gasteiger partial charge is 0.224 e. The lowest BCUT2D eigenvalue weighted by Crippen LogP contribution is -2.13. The van der Waals surface area contributed by atoms with Gasteiger partial charge in [-0.3, -0.25) is 0 Å². The van der Waals surface area contributed by atoms with E-state index in [-0.39, 0.29) is 0 Å². The molecule has 3 rings (SSSR count). The Balaban J connectivity index is 1.55. The number of anilines is 3. The molecular formula is C21H23ClN4O2. The van der Waals surface area contributed by atoms with E-state index in [1.54, 1.807) is 19.4 Å². The monoisotopic (exact) mass is 398 g/mol. The molecule has 0 atom stereocenters. The summed E-state index contributed by atoms with van der Waals surface area (Å²) in [7, 11) is 1.64. The molecule has 0 aliphatic carbocycles. The molecule has 2 N–H and O–H groups in total. The Morgan fingerprint density at radius 2 is 1.79 bits per heavy atom. The number of nitrogens with zero attached hydrogens (tertiary/aromatic N) is 2. The molecule has 0 amide bonds. The van der Waals surface area contributed by atoms with Crippen molar-refractivity contribution in [2.24, 2.45) is 0 Å². The topological polar surface area (TPSA) is 68.3 Å². The maximum atomic E-state index is 6.36. The van der Waals surface area contributed by atoms with Gasteiger partial charge in [-0.25, -0.2) is 4.98 Å². The van der Waals surface area contributed by atoms with Crippen molar-refractivity contribution in [2.45, 2.75) is 13.8 Å². The summed E-state index contributed by atoms with van der Waals surface area (Å²) in [5.74, 6) is 2.77. The average Bonchev–Trinajstić information content (AvgIpc) is 2.69. The van der Waals surface area contributed by atoms with E-state index in [1.165, 1.54) is 0 Å². The van der Waals surface area contributed by atoms with Crippen LogP contribution in [-0.4, -0.2) is 30.2 Å². The fourth-order valence-electron chi connectivity index (χ4n) is 2.72. The maximum absolute atomic E-state index is 6.36. The van der Waals surface area contributed by atoms with E-state index >= 15 is 0 Å². The first-order valence-corrected chi connectivity index (χ1v) is 9.30. The second kappa shape index (κ2) is 9.28. The van der Waals surface area contributed by atoms with E-state index in [1.807, 2.05) is 44.2 Å². The van der Waals surface area contributed by atoms with E-state index in [2.05, 4.69) is 26.7 Å². The summed E-state index contributed by atoms with van der Waals surface area (Å²) in [4.78, 5) is 8.72. The highest BCUT2D eigenvalue weighted by atomic mass is 35.5. The van der Waals surface area contributed by atoms with Crippen molar-refractivity contribution in [3.63, 3.8) is 0 Å². The lowest BCUT2D eigenvalue weighted by molar-refractivity contribution is 0.331. The summed E-state index contributed by atoms with van der Waals surface area (Å²) in [6.45, 7) is 5.08. The molecule has 7 heteroatoms. The Bertz CT molecular complexity index is 909. The summed E-state index contributed by atoms with van der Waals surface area (Å²) in [6.07, 6.45) is 1.69. The Hall–Kier alpha value is -2.99. The minimum absolute atomic E-state index is 0.482. The number of methoxy groups -OCH3 is 1. The number of hydrogen-bond donors (Lipinski definition) is 2. The van der Waals surface area contributed by atoms with Crippen LogP contribution < -0.4 is 20.1 Å². The second-order valence-corrected chi connectivity index (χ2v) is 6.69. The van der Waals surface area contributed by atoms with Gasteiger partial charge in [0.25, 0.3) is 0 Å². The predicted octanol–water partition coefficient (Wildman–Crippen LogP) is 4.99. The molecule has 0 radical (unpaired) electrons. The van der Waals surface area contributed by atoms with Crippen LogP contribution in [0.4, 0.5) is 17.5 Å². The summed E-state index contributed by atoms with van der Waals surface area (Å²) in [6, 6.07) is 13.3. The number of benzene rings is 2. The number of aromatic nitrogens is 2. The van der Waals surface area contributed by atoms with E-state index in [9.17, 15) is 0 Å². The molecule has 3 aromatic rings. The van der Waals surface area contributed by atoms with Gasteiger partial charge in [-0.1, -0.05) is 17.7 Å². The third-order valence-corrected chi connectivity index (χ3v) is 4.35. The highest BCUT2D eigenvalue weighted by molar-refractivity contribution is 6.33. The van der Waals surface area contributed by atoms with Crippen LogP contribution in [0.2, 0.25) is 5.02 Å². The van der Waals surface area contributed by atoms with Crippen LogP contribution in [0.5, 0.6) is 11.5 Å². The first-order chi connectivity index (χ1) is 13.5. The summed E-state index contributed by atoms with van der Waals surface area (Å²) < 4.78 is 10.8. The van der Waals surface area contributed by atoms with Gasteiger partial charge in [-0.2, -0.15) is 4.98 Å². The summed E-state index contributed by atoms with van der Waals surface area (Å²) in [5, 5.41) is 7.09. The molecular weight excluding hydrogens is 376 g/mol. The second-order valence-electron chi connectivity index (χ2n) is 6.28. The summed E-state index contributed by atoms with van der Waals surface area (Å²) >= 11 is 6.36. The van der Waals surface area contributed by atoms with Gasteiger partial charge in [-0.05, 0) is 61.4 Å². The van der Waals surface area contributed by atoms with Gasteiger partial charge in [0, 0.05) is 6.20 Å². The van der Waals surface area contributed by atoms with Gasteiger partial charge < -0.3 is 20.1 Å².